The van der Waals surface area contributed by atoms with Gasteiger partial charge in [0, 0.05) is 22.3 Å². The van der Waals surface area contributed by atoms with Crippen LogP contribution in [0.2, 0.25) is 5.02 Å². The van der Waals surface area contributed by atoms with Gasteiger partial charge in [-0.15, -0.1) is 5.10 Å². The third kappa shape index (κ3) is 4.98. The van der Waals surface area contributed by atoms with Crippen molar-refractivity contribution in [2.24, 2.45) is 0 Å². The van der Waals surface area contributed by atoms with Gasteiger partial charge in [-0.1, -0.05) is 23.7 Å². The molecule has 0 spiro atoms. The summed E-state index contributed by atoms with van der Waals surface area (Å²) in [6, 6.07) is 12.9. The van der Waals surface area contributed by atoms with Gasteiger partial charge in [0.25, 0.3) is 0 Å². The lowest BCUT2D eigenvalue weighted by atomic mass is 10.2. The topological polar surface area (TPSA) is 73.6 Å². The number of aromatic nitrogens is 2. The van der Waals surface area contributed by atoms with Gasteiger partial charge in [-0.25, -0.2) is 9.18 Å². The highest BCUT2D eigenvalue weighted by Crippen LogP contribution is 2.24. The molecule has 8 heteroatoms. The third-order valence-corrected chi connectivity index (χ3v) is 4.05. The molecule has 0 aliphatic rings. The van der Waals surface area contributed by atoms with Crippen molar-refractivity contribution in [1.29, 1.82) is 0 Å². The number of aryl methyl sites for hydroxylation is 1. The minimum absolute atomic E-state index is 0.0416. The SMILES string of the molecule is Cc1cc(OC(=O)O)nn1Cc1cc(F)ccc1OCc1ccc(Cl)cc1. The number of nitrogens with zero attached hydrogens (tertiary/aromatic N) is 2. The standard InChI is InChI=1S/C19H16ClFN2O4/c1-12-8-18(27-19(24)25)22-23(12)10-14-9-16(21)6-7-17(14)26-11-13-2-4-15(20)5-3-13/h2-9H,10-11H2,1H3,(H,24,25). The third-order valence-electron chi connectivity index (χ3n) is 3.80. The molecule has 2 aromatic carbocycles. The summed E-state index contributed by atoms with van der Waals surface area (Å²) in [5, 5.41) is 13.4. The molecule has 140 valence electrons. The number of ether oxygens (including phenoxy) is 2. The first-order chi connectivity index (χ1) is 12.9. The van der Waals surface area contributed by atoms with E-state index in [1.807, 2.05) is 12.1 Å². The molecule has 0 atom stereocenters. The minimum atomic E-state index is -1.45. The number of benzene rings is 2. The molecular formula is C19H16ClFN2O4. The van der Waals surface area contributed by atoms with E-state index in [4.69, 9.17) is 21.4 Å². The quantitative estimate of drug-likeness (QED) is 0.619. The summed E-state index contributed by atoms with van der Waals surface area (Å²) in [7, 11) is 0. The van der Waals surface area contributed by atoms with Gasteiger partial charge in [-0.05, 0) is 42.8 Å². The maximum atomic E-state index is 13.7. The van der Waals surface area contributed by atoms with Crippen LogP contribution >= 0.6 is 11.6 Å². The van der Waals surface area contributed by atoms with Gasteiger partial charge < -0.3 is 14.6 Å². The van der Waals surface area contributed by atoms with Crippen LogP contribution in [0.5, 0.6) is 11.6 Å². The average Bonchev–Trinajstić information content (AvgIpc) is 2.94. The predicted octanol–water partition coefficient (Wildman–Crippen LogP) is 4.67. The van der Waals surface area contributed by atoms with Crippen molar-refractivity contribution < 1.29 is 23.8 Å². The Morgan fingerprint density at radius 2 is 1.96 bits per heavy atom. The van der Waals surface area contributed by atoms with Gasteiger partial charge in [-0.2, -0.15) is 0 Å². The van der Waals surface area contributed by atoms with E-state index in [1.54, 1.807) is 25.1 Å². The van der Waals surface area contributed by atoms with Crippen LogP contribution in [0.1, 0.15) is 16.8 Å². The van der Waals surface area contributed by atoms with Crippen LogP contribution in [0.25, 0.3) is 0 Å². The van der Waals surface area contributed by atoms with Crippen LogP contribution in [0.15, 0.2) is 48.5 Å². The number of rotatable bonds is 6. The van der Waals surface area contributed by atoms with E-state index in [0.717, 1.165) is 5.56 Å². The molecule has 3 aromatic rings. The maximum absolute atomic E-state index is 13.7. The molecule has 27 heavy (non-hydrogen) atoms. The second kappa shape index (κ2) is 8.09. The molecule has 3 rings (SSSR count). The number of hydrogen-bond donors (Lipinski definition) is 1. The highest BCUT2D eigenvalue weighted by Gasteiger charge is 2.12. The molecule has 0 fully saturated rings. The molecule has 1 aromatic heterocycles. The Morgan fingerprint density at radius 1 is 1.22 bits per heavy atom. The summed E-state index contributed by atoms with van der Waals surface area (Å²) in [4.78, 5) is 10.6. The first-order valence-corrected chi connectivity index (χ1v) is 8.39. The molecule has 0 saturated heterocycles. The van der Waals surface area contributed by atoms with E-state index in [1.165, 1.54) is 22.9 Å². The average molecular weight is 391 g/mol. The monoisotopic (exact) mass is 390 g/mol. The van der Waals surface area contributed by atoms with E-state index >= 15 is 0 Å². The second-order valence-corrected chi connectivity index (χ2v) is 6.25. The maximum Gasteiger partial charge on any atom is 0.512 e. The highest BCUT2D eigenvalue weighted by atomic mass is 35.5. The van der Waals surface area contributed by atoms with Crippen LogP contribution in [-0.2, 0) is 13.2 Å². The lowest BCUT2D eigenvalue weighted by Gasteiger charge is -2.13. The number of halogens is 2. The molecule has 0 unspecified atom stereocenters. The Morgan fingerprint density at radius 3 is 2.67 bits per heavy atom. The zero-order chi connectivity index (χ0) is 19.4. The Balaban J connectivity index is 1.78. The van der Waals surface area contributed by atoms with Crippen molar-refractivity contribution >= 4 is 17.8 Å². The zero-order valence-corrected chi connectivity index (χ0v) is 15.1. The van der Waals surface area contributed by atoms with Crippen molar-refractivity contribution in [3.05, 3.63) is 76.2 Å². The molecule has 0 bridgehead atoms. The molecule has 0 amide bonds. The lowest BCUT2D eigenvalue weighted by Crippen LogP contribution is -2.08. The number of carboxylic acid groups (broad SMARTS) is 1. The fraction of sp³-hybridized carbons (Fsp3) is 0.158. The van der Waals surface area contributed by atoms with Gasteiger partial charge in [0.15, 0.2) is 0 Å². The largest absolute Gasteiger partial charge is 0.512 e. The van der Waals surface area contributed by atoms with Crippen molar-refractivity contribution in [2.45, 2.75) is 20.1 Å². The van der Waals surface area contributed by atoms with Crippen LogP contribution in [0, 0.1) is 12.7 Å². The van der Waals surface area contributed by atoms with Gasteiger partial charge in [0.05, 0.1) is 6.54 Å². The molecule has 0 saturated carbocycles. The summed E-state index contributed by atoms with van der Waals surface area (Å²) in [6.45, 7) is 2.24. The Labute approximate surface area is 159 Å². The normalized spacial score (nSPS) is 10.6. The van der Waals surface area contributed by atoms with Gasteiger partial charge >= 0.3 is 6.16 Å². The first kappa shape index (κ1) is 18.7. The fourth-order valence-electron chi connectivity index (χ4n) is 2.49. The molecule has 0 aliphatic carbocycles. The second-order valence-electron chi connectivity index (χ2n) is 5.82. The van der Waals surface area contributed by atoms with Crippen LogP contribution in [0.4, 0.5) is 9.18 Å². The molecular weight excluding hydrogens is 375 g/mol. The predicted molar refractivity (Wildman–Crippen MR) is 96.9 cm³/mol. The van der Waals surface area contributed by atoms with Crippen molar-refractivity contribution in [1.82, 2.24) is 9.78 Å². The van der Waals surface area contributed by atoms with Crippen molar-refractivity contribution in [2.75, 3.05) is 0 Å². The summed E-state index contributed by atoms with van der Waals surface area (Å²) in [6.07, 6.45) is -1.45. The molecule has 0 aliphatic heterocycles. The van der Waals surface area contributed by atoms with Crippen LogP contribution in [0.3, 0.4) is 0 Å². The lowest BCUT2D eigenvalue weighted by molar-refractivity contribution is 0.142. The fourth-order valence-corrected chi connectivity index (χ4v) is 2.62. The van der Waals surface area contributed by atoms with Crippen LogP contribution in [-0.4, -0.2) is 21.0 Å². The molecule has 1 heterocycles. The zero-order valence-electron chi connectivity index (χ0n) is 14.4. The van der Waals surface area contributed by atoms with Crippen LogP contribution < -0.4 is 9.47 Å². The van der Waals surface area contributed by atoms with E-state index in [-0.39, 0.29) is 12.4 Å². The summed E-state index contributed by atoms with van der Waals surface area (Å²) in [5.41, 5.74) is 2.15. The minimum Gasteiger partial charge on any atom is -0.489 e. The Bertz CT molecular complexity index is 957. The first-order valence-electron chi connectivity index (χ1n) is 8.01. The molecule has 1 N–H and O–H groups in total. The number of carbonyl (C=O) groups is 1. The van der Waals surface area contributed by atoms with Gasteiger partial charge in [0.2, 0.25) is 5.88 Å². The summed E-state index contributed by atoms with van der Waals surface area (Å²) < 4.78 is 25.6. The van der Waals surface area contributed by atoms with Crippen molar-refractivity contribution in [3.8, 4) is 11.6 Å². The molecule has 6 nitrogen and oxygen atoms in total. The number of hydrogen-bond acceptors (Lipinski definition) is 4. The van der Waals surface area contributed by atoms with Gasteiger partial charge in [0.1, 0.15) is 18.2 Å². The van der Waals surface area contributed by atoms with Gasteiger partial charge in [-0.3, -0.25) is 4.68 Å². The van der Waals surface area contributed by atoms with E-state index in [9.17, 15) is 9.18 Å². The Kier molecular flexibility index (Phi) is 5.61. The summed E-state index contributed by atoms with van der Waals surface area (Å²) in [5.74, 6) is 0.0534. The molecule has 0 radical (unpaired) electrons. The van der Waals surface area contributed by atoms with E-state index < -0.39 is 12.0 Å². The highest BCUT2D eigenvalue weighted by molar-refractivity contribution is 6.30. The van der Waals surface area contributed by atoms with E-state index in [2.05, 4.69) is 9.84 Å². The van der Waals surface area contributed by atoms with E-state index in [0.29, 0.717) is 28.6 Å². The summed E-state index contributed by atoms with van der Waals surface area (Å²) >= 11 is 5.87. The Hall–Kier alpha value is -3.06. The van der Waals surface area contributed by atoms with Crippen molar-refractivity contribution in [3.63, 3.8) is 0 Å². The smallest absolute Gasteiger partial charge is 0.489 e.